The molecule has 50 heavy (non-hydrogen) atoms. The molecule has 2 aliphatic rings. The molecule has 11 heteroatoms. The molecule has 264 valence electrons. The van der Waals surface area contributed by atoms with Crippen LogP contribution >= 0.6 is 0 Å². The van der Waals surface area contributed by atoms with Gasteiger partial charge in [-0.15, -0.1) is 10.2 Å². The molecule has 0 saturated carbocycles. The van der Waals surface area contributed by atoms with Gasteiger partial charge in [0.25, 0.3) is 5.91 Å². The zero-order chi connectivity index (χ0) is 34.9. The van der Waals surface area contributed by atoms with Crippen LogP contribution in [0, 0.1) is 0 Å². The normalized spacial score (nSPS) is 15.7. The predicted molar refractivity (Wildman–Crippen MR) is 196 cm³/mol. The van der Waals surface area contributed by atoms with Gasteiger partial charge in [-0.2, -0.15) is 4.80 Å². The number of tetrazole rings is 1. The molecule has 3 aromatic carbocycles. The Balaban J connectivity index is 1.18. The van der Waals surface area contributed by atoms with E-state index in [0.29, 0.717) is 43.6 Å². The predicted octanol–water partition coefficient (Wildman–Crippen LogP) is 6.46. The van der Waals surface area contributed by atoms with E-state index in [1.54, 1.807) is 7.05 Å². The van der Waals surface area contributed by atoms with E-state index >= 15 is 0 Å². The van der Waals surface area contributed by atoms with Crippen LogP contribution in [0.1, 0.15) is 62.9 Å². The number of aromatic nitrogens is 4. The fraction of sp³-hybridized carbons (Fsp3) is 0.436. The monoisotopic (exact) mass is 679 g/mol. The molecule has 1 fully saturated rings. The SMILES string of the molecule is CCCCOC(C)Oc1ccc(-c2ccc3c(c2)C=C(C(=O)Nc2ccc(CN(C)C4CCOCC4)cc2)CCN3Cc2nnn(C)n2)cc1. The molecule has 0 bridgehead atoms. The highest BCUT2D eigenvalue weighted by Crippen LogP contribution is 2.34. The Hall–Kier alpha value is -4.58. The Kier molecular flexibility index (Phi) is 11.9. The number of benzene rings is 3. The molecule has 1 N–H and O–H groups in total. The lowest BCUT2D eigenvalue weighted by Crippen LogP contribution is -2.36. The molecule has 1 unspecified atom stereocenters. The van der Waals surface area contributed by atoms with Crippen molar-refractivity contribution in [3.63, 3.8) is 0 Å². The number of nitrogens with one attached hydrogen (secondary N) is 1. The number of anilines is 2. The smallest absolute Gasteiger partial charge is 0.251 e. The molecular weight excluding hydrogens is 630 g/mol. The van der Waals surface area contributed by atoms with E-state index in [4.69, 9.17) is 14.2 Å². The highest BCUT2D eigenvalue weighted by Gasteiger charge is 2.22. The number of nitrogens with zero attached hydrogens (tertiary/aromatic N) is 6. The number of ether oxygens (including phenoxy) is 3. The number of carbonyl (C=O) groups is 1. The summed E-state index contributed by atoms with van der Waals surface area (Å²) in [5, 5.41) is 15.8. The largest absolute Gasteiger partial charge is 0.465 e. The van der Waals surface area contributed by atoms with Gasteiger partial charge in [-0.1, -0.05) is 43.7 Å². The Morgan fingerprint density at radius 2 is 1.82 bits per heavy atom. The Bertz CT molecular complexity index is 1730. The van der Waals surface area contributed by atoms with Crippen molar-refractivity contribution < 1.29 is 19.0 Å². The van der Waals surface area contributed by atoms with Gasteiger partial charge in [-0.05, 0) is 110 Å². The topological polar surface area (TPSA) is 107 Å². The third kappa shape index (κ3) is 9.35. The first-order valence-corrected chi connectivity index (χ1v) is 17.7. The van der Waals surface area contributed by atoms with Crippen molar-refractivity contribution in [2.24, 2.45) is 7.05 Å². The molecular formula is C39H49N7O4. The third-order valence-electron chi connectivity index (χ3n) is 9.32. The lowest BCUT2D eigenvalue weighted by atomic mass is 10.00. The number of hydrogen-bond donors (Lipinski definition) is 1. The maximum Gasteiger partial charge on any atom is 0.251 e. The molecule has 11 nitrogen and oxygen atoms in total. The number of amides is 1. The van der Waals surface area contributed by atoms with Gasteiger partial charge >= 0.3 is 0 Å². The summed E-state index contributed by atoms with van der Waals surface area (Å²) in [6.45, 7) is 8.38. The van der Waals surface area contributed by atoms with Crippen molar-refractivity contribution in [1.29, 1.82) is 0 Å². The van der Waals surface area contributed by atoms with E-state index in [1.165, 1.54) is 10.4 Å². The lowest BCUT2D eigenvalue weighted by Gasteiger charge is -2.31. The van der Waals surface area contributed by atoms with Crippen molar-refractivity contribution in [1.82, 2.24) is 25.1 Å². The van der Waals surface area contributed by atoms with Crippen LogP contribution in [0.4, 0.5) is 11.4 Å². The summed E-state index contributed by atoms with van der Waals surface area (Å²) in [5.74, 6) is 1.28. The highest BCUT2D eigenvalue weighted by molar-refractivity contribution is 6.07. The van der Waals surface area contributed by atoms with Crippen LogP contribution in [-0.2, 0) is 34.4 Å². The average Bonchev–Trinajstić information content (AvgIpc) is 3.45. The molecule has 0 spiro atoms. The van der Waals surface area contributed by atoms with Crippen LogP contribution in [0.25, 0.3) is 17.2 Å². The zero-order valence-electron chi connectivity index (χ0n) is 29.7. The molecule has 1 atom stereocenters. The van der Waals surface area contributed by atoms with Gasteiger partial charge in [0.1, 0.15) is 5.75 Å². The molecule has 1 aromatic heterocycles. The number of aryl methyl sites for hydroxylation is 1. The van der Waals surface area contributed by atoms with Crippen LogP contribution < -0.4 is 15.0 Å². The quantitative estimate of drug-likeness (QED) is 0.119. The maximum absolute atomic E-state index is 13.8. The fourth-order valence-electron chi connectivity index (χ4n) is 6.47. The van der Waals surface area contributed by atoms with Gasteiger partial charge in [0.15, 0.2) is 12.1 Å². The summed E-state index contributed by atoms with van der Waals surface area (Å²) in [4.78, 5) is 19.8. The minimum atomic E-state index is -0.314. The number of fused-ring (bicyclic) bond motifs is 1. The molecule has 6 rings (SSSR count). The fourth-order valence-corrected chi connectivity index (χ4v) is 6.47. The first kappa shape index (κ1) is 35.3. The summed E-state index contributed by atoms with van der Waals surface area (Å²) in [5.41, 5.74) is 6.77. The number of unbranched alkanes of at least 4 members (excludes halogenated alkanes) is 1. The number of rotatable bonds is 14. The summed E-state index contributed by atoms with van der Waals surface area (Å²) in [7, 11) is 3.93. The molecule has 3 heterocycles. The van der Waals surface area contributed by atoms with Crippen LogP contribution in [0.2, 0.25) is 0 Å². The second-order valence-corrected chi connectivity index (χ2v) is 13.2. The van der Waals surface area contributed by atoms with Crippen molar-refractivity contribution in [3.8, 4) is 16.9 Å². The van der Waals surface area contributed by atoms with Crippen molar-refractivity contribution in [2.45, 2.75) is 71.4 Å². The number of carbonyl (C=O) groups excluding carboxylic acids is 1. The minimum Gasteiger partial charge on any atom is -0.465 e. The van der Waals surface area contributed by atoms with E-state index in [0.717, 1.165) is 79.3 Å². The average molecular weight is 680 g/mol. The van der Waals surface area contributed by atoms with E-state index in [2.05, 4.69) is 87.0 Å². The van der Waals surface area contributed by atoms with Crippen molar-refractivity contribution >= 4 is 23.4 Å². The second kappa shape index (κ2) is 16.9. The van der Waals surface area contributed by atoms with Crippen molar-refractivity contribution in [2.75, 3.05) is 43.6 Å². The summed E-state index contributed by atoms with van der Waals surface area (Å²) >= 11 is 0. The Morgan fingerprint density at radius 3 is 2.54 bits per heavy atom. The van der Waals surface area contributed by atoms with Gasteiger partial charge < -0.3 is 24.4 Å². The molecule has 4 aromatic rings. The van der Waals surface area contributed by atoms with Crippen LogP contribution in [0.3, 0.4) is 0 Å². The van der Waals surface area contributed by atoms with Gasteiger partial charge in [-0.3, -0.25) is 9.69 Å². The summed E-state index contributed by atoms with van der Waals surface area (Å²) in [6.07, 6.45) is 6.49. The van der Waals surface area contributed by atoms with Gasteiger partial charge in [0, 0.05) is 49.3 Å². The first-order valence-electron chi connectivity index (χ1n) is 17.7. The summed E-state index contributed by atoms with van der Waals surface area (Å²) < 4.78 is 17.2. The Labute approximate surface area is 295 Å². The van der Waals surface area contributed by atoms with Gasteiger partial charge in [0.05, 0.1) is 20.2 Å². The van der Waals surface area contributed by atoms with E-state index in [9.17, 15) is 4.79 Å². The molecule has 1 amide bonds. The third-order valence-corrected chi connectivity index (χ3v) is 9.32. The highest BCUT2D eigenvalue weighted by atomic mass is 16.7. The standard InChI is InChI=1S/C39H49N7O4/c1-5-6-21-49-28(2)50-36-14-9-30(10-15-36)31-11-16-37-33(24-31)25-32(17-20-46(37)27-38-41-43-45(4)42-38)39(47)40-34-12-7-29(8-13-34)26-44(3)35-18-22-48-23-19-35/h7-16,24-25,28,35H,5-6,17-23,26-27H2,1-4H3,(H,40,47). The second-order valence-electron chi connectivity index (χ2n) is 13.2. The molecule has 0 aliphatic carbocycles. The summed E-state index contributed by atoms with van der Waals surface area (Å²) in [6, 6.07) is 23.1. The maximum atomic E-state index is 13.8. The first-order chi connectivity index (χ1) is 24.3. The van der Waals surface area contributed by atoms with Crippen LogP contribution in [0.5, 0.6) is 5.75 Å². The number of hydrogen-bond acceptors (Lipinski definition) is 9. The van der Waals surface area contributed by atoms with Crippen molar-refractivity contribution in [3.05, 3.63) is 89.3 Å². The van der Waals surface area contributed by atoms with E-state index in [-0.39, 0.29) is 12.2 Å². The lowest BCUT2D eigenvalue weighted by molar-refractivity contribution is -0.112. The van der Waals surface area contributed by atoms with Gasteiger partial charge in [0.2, 0.25) is 0 Å². The Morgan fingerprint density at radius 1 is 1.06 bits per heavy atom. The molecule has 2 aliphatic heterocycles. The molecule has 0 radical (unpaired) electrons. The van der Waals surface area contributed by atoms with Crippen LogP contribution in [-0.4, -0.2) is 76.8 Å². The minimum absolute atomic E-state index is 0.107. The van der Waals surface area contributed by atoms with Gasteiger partial charge in [-0.25, -0.2) is 0 Å². The van der Waals surface area contributed by atoms with E-state index in [1.807, 2.05) is 37.3 Å². The van der Waals surface area contributed by atoms with Crippen LogP contribution in [0.15, 0.2) is 72.3 Å². The molecule has 1 saturated heterocycles. The van der Waals surface area contributed by atoms with E-state index < -0.39 is 0 Å². The zero-order valence-corrected chi connectivity index (χ0v) is 29.7.